The molecule has 0 atom stereocenters. The summed E-state index contributed by atoms with van der Waals surface area (Å²) in [4.78, 5) is 69.9. The van der Waals surface area contributed by atoms with Crippen molar-refractivity contribution in [3.05, 3.63) is 269 Å². The zero-order valence-electron chi connectivity index (χ0n) is 45.5. The second-order valence-electron chi connectivity index (χ2n) is 18.3. The Morgan fingerprint density at radius 3 is 1.18 bits per heavy atom. The van der Waals surface area contributed by atoms with Gasteiger partial charge in [0, 0.05) is 67.1 Å². The third kappa shape index (κ3) is 22.5. The van der Waals surface area contributed by atoms with E-state index in [1.165, 1.54) is 0 Å². The number of hydrogen-bond acceptors (Lipinski definition) is 9. The second kappa shape index (κ2) is 34.7. The van der Waals surface area contributed by atoms with E-state index in [0.717, 1.165) is 61.7 Å². The molecule has 9 rings (SSSR count). The summed E-state index contributed by atoms with van der Waals surface area (Å²) in [5, 5.41) is 8.52. The van der Waals surface area contributed by atoms with Crippen LogP contribution in [0.25, 0.3) is 0 Å². The average molecular weight is 1050 g/mol. The van der Waals surface area contributed by atoms with Crippen molar-refractivity contribution in [3.8, 4) is 11.5 Å². The number of ether oxygens (including phenoxy) is 2. The number of aliphatic hydroxyl groups excluding tert-OH is 1. The van der Waals surface area contributed by atoms with Crippen LogP contribution in [-0.2, 0) is 35.3 Å². The topological polar surface area (TPSA) is 144 Å². The molecule has 8 aromatic rings. The number of likely N-dealkylation sites (N-methyl/N-ethyl adjacent to an activating group) is 1. The van der Waals surface area contributed by atoms with Crippen molar-refractivity contribution in [2.45, 2.75) is 59.3 Å². The molecule has 10 heteroatoms. The Morgan fingerprint density at radius 2 is 0.808 bits per heavy atom. The summed E-state index contributed by atoms with van der Waals surface area (Å²) in [5.41, 5.74) is 8.31. The molecular formula is C68H71NO9. The normalized spacial score (nSPS) is 10.6. The van der Waals surface area contributed by atoms with Gasteiger partial charge in [0.2, 0.25) is 5.91 Å². The van der Waals surface area contributed by atoms with Gasteiger partial charge < -0.3 is 19.5 Å². The SMILES string of the molecule is CC(C)CC(=O)c1ccccc1.CCC(=O)c1ccccc1.CN1C(=O)Cc2ccccc21.COc1ccc(CC(=O)CO)cc1.COc1ccc(CC(=O)c2ccccc2)cc1.O=C(Cc1ccccc1)c1ccccc1. The molecule has 0 spiro atoms. The van der Waals surface area contributed by atoms with Crippen molar-refractivity contribution < 1.29 is 43.3 Å². The van der Waals surface area contributed by atoms with E-state index in [0.29, 0.717) is 38.0 Å². The standard InChI is InChI=1S/C15H14O2.C14H12O.C11H14O.C10H12O3.C9H9NO.C9H10O/c1-17-14-9-7-12(8-10-14)11-15(16)13-5-3-2-4-6-13;15-14(13-9-5-2-6-10-13)11-12-7-3-1-4-8-12;1-9(2)8-11(12)10-6-4-3-5-7-10;1-13-10-4-2-8(3-5-10)6-9(12)7-11;1-10-8-5-3-2-4-7(8)6-9(10)11;1-2-9(10)8-6-4-3-5-7-8/h2-10H,11H2,1H3;1-10H,11H2;3-7,9H,8H2,1-2H3;2-5,11H,6-7H2,1H3;2-5H,6H2,1H3;3-7H,2H2,1H3. The van der Waals surface area contributed by atoms with E-state index < -0.39 is 6.61 Å². The number of ketones is 5. The smallest absolute Gasteiger partial charge is 0.231 e. The summed E-state index contributed by atoms with van der Waals surface area (Å²) in [6.07, 6.45) is 2.97. The van der Waals surface area contributed by atoms with Crippen molar-refractivity contribution >= 4 is 40.5 Å². The highest BCUT2D eigenvalue weighted by atomic mass is 16.5. The van der Waals surface area contributed by atoms with Crippen molar-refractivity contribution in [2.24, 2.45) is 5.92 Å². The van der Waals surface area contributed by atoms with Crippen molar-refractivity contribution in [1.82, 2.24) is 0 Å². The van der Waals surface area contributed by atoms with Crippen LogP contribution in [0.4, 0.5) is 5.69 Å². The maximum atomic E-state index is 11.9. The molecule has 10 nitrogen and oxygen atoms in total. The Bertz CT molecular complexity index is 3040. The Morgan fingerprint density at radius 1 is 0.462 bits per heavy atom. The predicted octanol–water partition coefficient (Wildman–Crippen LogP) is 13.4. The first-order valence-corrected chi connectivity index (χ1v) is 25.8. The molecule has 1 amide bonds. The van der Waals surface area contributed by atoms with E-state index in [1.807, 2.05) is 226 Å². The molecule has 0 fully saturated rings. The molecule has 0 radical (unpaired) electrons. The third-order valence-electron chi connectivity index (χ3n) is 11.8. The molecule has 8 aromatic carbocycles. The van der Waals surface area contributed by atoms with Crippen LogP contribution in [-0.4, -0.2) is 67.8 Å². The quantitative estimate of drug-likeness (QED) is 0.0935. The highest BCUT2D eigenvalue weighted by Crippen LogP contribution is 2.26. The van der Waals surface area contributed by atoms with Crippen molar-refractivity contribution in [1.29, 1.82) is 0 Å². The fourth-order valence-electron chi connectivity index (χ4n) is 7.53. The fraction of sp³-hybridized carbons (Fsp3) is 0.206. The third-order valence-corrected chi connectivity index (χ3v) is 11.8. The summed E-state index contributed by atoms with van der Waals surface area (Å²) >= 11 is 0. The Labute approximate surface area is 460 Å². The second-order valence-corrected chi connectivity index (χ2v) is 18.3. The van der Waals surface area contributed by atoms with Crippen LogP contribution >= 0.6 is 0 Å². The highest BCUT2D eigenvalue weighted by molar-refractivity contribution is 6.01. The van der Waals surface area contributed by atoms with Gasteiger partial charge in [0.25, 0.3) is 0 Å². The van der Waals surface area contributed by atoms with Gasteiger partial charge in [-0.3, -0.25) is 28.8 Å². The van der Waals surface area contributed by atoms with Gasteiger partial charge in [-0.05, 0) is 58.5 Å². The Balaban J connectivity index is 0.000000204. The van der Waals surface area contributed by atoms with E-state index in [4.69, 9.17) is 14.6 Å². The van der Waals surface area contributed by atoms with Gasteiger partial charge in [-0.15, -0.1) is 0 Å². The van der Waals surface area contributed by atoms with Gasteiger partial charge >= 0.3 is 0 Å². The van der Waals surface area contributed by atoms with Crippen LogP contribution in [0.1, 0.15) is 97.3 Å². The zero-order chi connectivity index (χ0) is 56.5. The van der Waals surface area contributed by atoms with Crippen LogP contribution in [0.3, 0.4) is 0 Å². The van der Waals surface area contributed by atoms with Gasteiger partial charge in [-0.1, -0.05) is 215 Å². The number of carbonyl (C=O) groups is 6. The summed E-state index contributed by atoms with van der Waals surface area (Å²) in [6.45, 7) is 5.59. The van der Waals surface area contributed by atoms with Crippen LogP contribution in [0, 0.1) is 5.92 Å². The summed E-state index contributed by atoms with van der Waals surface area (Å²) in [6, 6.07) is 70.0. The lowest BCUT2D eigenvalue weighted by atomic mass is 10.0. The number of amides is 1. The number of anilines is 1. The van der Waals surface area contributed by atoms with Crippen LogP contribution < -0.4 is 14.4 Å². The Hall–Kier alpha value is -8.86. The summed E-state index contributed by atoms with van der Waals surface area (Å²) < 4.78 is 10.0. The highest BCUT2D eigenvalue weighted by Gasteiger charge is 2.22. The number of benzene rings is 8. The molecule has 1 heterocycles. The Kier molecular flexibility index (Phi) is 27.4. The number of nitrogens with zero attached hydrogens (tertiary/aromatic N) is 1. The van der Waals surface area contributed by atoms with E-state index in [9.17, 15) is 28.8 Å². The largest absolute Gasteiger partial charge is 0.497 e. The summed E-state index contributed by atoms with van der Waals surface area (Å²) in [7, 11) is 5.03. The predicted molar refractivity (Wildman–Crippen MR) is 312 cm³/mol. The zero-order valence-corrected chi connectivity index (χ0v) is 45.5. The number of Topliss-reactive ketones (excluding diaryl/α,β-unsaturated/α-hetero) is 5. The molecule has 0 bridgehead atoms. The first-order chi connectivity index (χ1) is 37.7. The molecule has 78 heavy (non-hydrogen) atoms. The molecule has 402 valence electrons. The number of rotatable bonds is 16. The lowest BCUT2D eigenvalue weighted by Gasteiger charge is -2.08. The maximum absolute atomic E-state index is 11.9. The first-order valence-electron chi connectivity index (χ1n) is 25.8. The molecule has 0 saturated heterocycles. The molecule has 0 aromatic heterocycles. The van der Waals surface area contributed by atoms with E-state index in [1.54, 1.807) is 31.3 Å². The van der Waals surface area contributed by atoms with Crippen LogP contribution in [0.2, 0.25) is 0 Å². The number of fused-ring (bicyclic) bond motifs is 1. The van der Waals surface area contributed by atoms with Gasteiger partial charge in [0.1, 0.15) is 18.1 Å². The van der Waals surface area contributed by atoms with Gasteiger partial charge in [0.05, 0.1) is 20.6 Å². The number of carbonyl (C=O) groups excluding carboxylic acids is 6. The molecule has 0 saturated carbocycles. The van der Waals surface area contributed by atoms with Gasteiger partial charge in [0.15, 0.2) is 28.9 Å². The minimum Gasteiger partial charge on any atom is -0.497 e. The van der Waals surface area contributed by atoms with Crippen LogP contribution in [0.5, 0.6) is 11.5 Å². The molecule has 1 N–H and O–H groups in total. The van der Waals surface area contributed by atoms with Gasteiger partial charge in [-0.25, -0.2) is 0 Å². The van der Waals surface area contributed by atoms with E-state index in [2.05, 4.69) is 13.8 Å². The minimum atomic E-state index is -0.397. The van der Waals surface area contributed by atoms with Gasteiger partial charge in [-0.2, -0.15) is 0 Å². The van der Waals surface area contributed by atoms with E-state index in [-0.39, 0.29) is 41.2 Å². The van der Waals surface area contributed by atoms with Crippen molar-refractivity contribution in [2.75, 3.05) is 32.8 Å². The number of hydrogen-bond donors (Lipinski definition) is 1. The molecule has 1 aliphatic rings. The van der Waals surface area contributed by atoms with E-state index >= 15 is 0 Å². The lowest BCUT2D eigenvalue weighted by molar-refractivity contribution is -0.121. The fourth-order valence-corrected chi connectivity index (χ4v) is 7.53. The molecule has 0 unspecified atom stereocenters. The molecule has 1 aliphatic heterocycles. The molecule has 0 aliphatic carbocycles. The molecular weight excluding hydrogens is 975 g/mol. The lowest BCUT2D eigenvalue weighted by Crippen LogP contribution is -2.20. The summed E-state index contributed by atoms with van der Waals surface area (Å²) in [5.74, 6) is 2.78. The van der Waals surface area contributed by atoms with Crippen LogP contribution in [0.15, 0.2) is 224 Å². The van der Waals surface area contributed by atoms with Crippen molar-refractivity contribution in [3.63, 3.8) is 0 Å². The number of aliphatic hydroxyl groups is 1. The maximum Gasteiger partial charge on any atom is 0.231 e. The number of para-hydroxylation sites is 1. The average Bonchev–Trinajstić information content (AvgIpc) is 3.79. The minimum absolute atomic E-state index is 0.135. The number of methoxy groups -OCH3 is 2. The monoisotopic (exact) mass is 1050 g/mol. The first kappa shape index (κ1) is 61.7.